The zero-order valence-corrected chi connectivity index (χ0v) is 86.2. The molecule has 0 saturated heterocycles. The number of hydrogen-bond acceptors (Lipinski definition) is 44. The van der Waals surface area contributed by atoms with E-state index < -0.39 is 130 Å². The van der Waals surface area contributed by atoms with E-state index in [1.54, 1.807) is 72.9 Å². The number of aromatic nitrogens is 16. The molecule has 1 aliphatic rings. The van der Waals surface area contributed by atoms with Gasteiger partial charge < -0.3 is 116 Å². The predicted octanol–water partition coefficient (Wildman–Crippen LogP) is 14.1. The summed E-state index contributed by atoms with van der Waals surface area (Å²) in [6.45, 7) is 12.2. The van der Waals surface area contributed by atoms with Gasteiger partial charge in [0, 0.05) is 26.2 Å². The number of nitrogens with zero attached hydrogens (tertiary/aromatic N) is 12. The number of hydrogen-bond donors (Lipinski definition) is 8. The molecule has 0 amide bonds. The van der Waals surface area contributed by atoms with Crippen LogP contribution in [0.3, 0.4) is 0 Å². The lowest BCUT2D eigenvalue weighted by Gasteiger charge is -2.19. The van der Waals surface area contributed by atoms with E-state index in [0.29, 0.717) is 11.3 Å². The smallest absolute Gasteiger partial charge is 0.434 e. The van der Waals surface area contributed by atoms with Crippen molar-refractivity contribution in [2.24, 2.45) is 5.92 Å². The van der Waals surface area contributed by atoms with Crippen LogP contribution < -0.4 is 54.6 Å². The highest BCUT2D eigenvalue weighted by molar-refractivity contribution is 7.54. The lowest BCUT2D eigenvalue weighted by molar-refractivity contribution is -0.0213. The number of nitrogen functional groups attached to an aromatic ring is 4. The number of aryl methyl sites for hydroxylation is 5. The van der Waals surface area contributed by atoms with Gasteiger partial charge in [-0.3, -0.25) is 75.5 Å². The first-order valence-corrected chi connectivity index (χ1v) is 53.2. The first-order valence-electron chi connectivity index (χ1n) is 46.3. The second-order valence-electron chi connectivity index (χ2n) is 33.5. The summed E-state index contributed by atoms with van der Waals surface area (Å²) < 4.78 is 165. The lowest BCUT2D eigenvalue weighted by atomic mass is 10.2. The summed E-state index contributed by atoms with van der Waals surface area (Å²) in [6.07, 6.45) is 3.58. The average molecular weight is 2160 g/mol. The number of fused-ring (bicyclic) bond motifs is 4. The van der Waals surface area contributed by atoms with Crippen molar-refractivity contribution in [2.75, 3.05) is 109 Å². The van der Waals surface area contributed by atoms with Crippen LogP contribution in [0.15, 0.2) is 196 Å². The Morgan fingerprint density at radius 2 is 0.607 bits per heavy atom. The Hall–Kier alpha value is -14.6. The SMILES string of the molecule is Cc1ccc(COP(=O)(COCCn2cnc3c(=O)[nH]c(N)nc32)OCOC(=O)OC2CCCC2)cc1.Cc1ccc(COP(=O)(COCCn2cnc3c(=O)[nH]c(N)nc32)OCOC(=O)OCC(C)C)cc1.Cc1ccc(COP(=O)(COCCn2cnc3c(=O)[nH]c(N)nc32)OCOC(=O)Oc2ccc(C)cc2)cc1.Cc1ccc(COP(=O)(COCCn2cnc3c(=O)[nH]c(N)nc32)OCOC(=O)Oc2ccccc2)cc1. The first-order chi connectivity index (χ1) is 72.0. The minimum absolute atomic E-state index is 0.00313. The number of benzene rings is 6. The number of anilines is 4. The molecule has 0 bridgehead atoms. The van der Waals surface area contributed by atoms with Crippen molar-refractivity contribution in [3.05, 3.63) is 268 Å². The number of carbonyl (C=O) groups excluding carboxylic acids is 4. The Kier molecular flexibility index (Phi) is 42.7. The number of H-pyrrole nitrogens is 4. The minimum Gasteiger partial charge on any atom is -0.434 e. The molecule has 0 radical (unpaired) electrons. The molecule has 8 aromatic heterocycles. The maximum atomic E-state index is 13.4. The quantitative estimate of drug-likeness (QED) is 0.00438. The fraction of sp³-hybridized carbons (Fsp3) is 0.362. The molecule has 6 aromatic carbocycles. The topological polar surface area (TPSA) is 680 Å². The van der Waals surface area contributed by atoms with Crippen LogP contribution in [-0.2, 0) is 154 Å². The molecule has 0 spiro atoms. The molecule has 8 heterocycles. The van der Waals surface area contributed by atoms with Gasteiger partial charge in [-0.05, 0) is 113 Å². The fourth-order valence-corrected chi connectivity index (χ4v) is 17.7. The lowest BCUT2D eigenvalue weighted by Crippen LogP contribution is -2.17. The van der Waals surface area contributed by atoms with Crippen molar-refractivity contribution in [1.29, 1.82) is 0 Å². The van der Waals surface area contributed by atoms with Gasteiger partial charge in [0.05, 0.1) is 84.8 Å². The number of imidazole rings is 4. The van der Waals surface area contributed by atoms with Crippen LogP contribution in [0.4, 0.5) is 43.0 Å². The van der Waals surface area contributed by atoms with Gasteiger partial charge in [0.15, 0.2) is 44.7 Å². The predicted molar refractivity (Wildman–Crippen MR) is 541 cm³/mol. The number of carbonyl (C=O) groups is 4. The van der Waals surface area contributed by atoms with E-state index in [1.807, 2.05) is 146 Å². The number of para-hydroxylation sites is 1. The molecule has 56 heteroatoms. The molecule has 15 rings (SSSR count). The molecule has 14 aromatic rings. The number of nitrogens with two attached hydrogens (primary N) is 4. The van der Waals surface area contributed by atoms with Crippen molar-refractivity contribution in [1.82, 2.24) is 78.1 Å². The molecular weight excluding hydrogens is 2050 g/mol. The van der Waals surface area contributed by atoms with E-state index in [-0.39, 0.29) is 166 Å². The molecule has 12 N–H and O–H groups in total. The highest BCUT2D eigenvalue weighted by Gasteiger charge is 2.33. The summed E-state index contributed by atoms with van der Waals surface area (Å²) >= 11 is 0. The zero-order chi connectivity index (χ0) is 107. The number of rotatable bonds is 49. The maximum Gasteiger partial charge on any atom is 0.515 e. The highest BCUT2D eigenvalue weighted by Crippen LogP contribution is 2.52. The summed E-state index contributed by atoms with van der Waals surface area (Å²) in [6, 6.07) is 45.0. The van der Waals surface area contributed by atoms with E-state index in [4.69, 9.17) is 116 Å². The number of aromatic amines is 4. The molecule has 4 atom stereocenters. The van der Waals surface area contributed by atoms with Crippen LogP contribution in [0, 0.1) is 40.5 Å². The summed E-state index contributed by atoms with van der Waals surface area (Å²) in [4.78, 5) is 137. The molecule has 1 saturated carbocycles. The monoisotopic (exact) mass is 2160 g/mol. The van der Waals surface area contributed by atoms with Crippen LogP contribution in [0.5, 0.6) is 11.5 Å². The normalized spacial score (nSPS) is 13.5. The molecule has 4 unspecified atom stereocenters. The number of nitrogens with one attached hydrogen (secondary N) is 4. The second-order valence-corrected chi connectivity index (χ2v) is 41.5. The van der Waals surface area contributed by atoms with Gasteiger partial charge in [-0.15, -0.1) is 0 Å². The Labute approximate surface area is 855 Å². The van der Waals surface area contributed by atoms with E-state index in [2.05, 4.69) is 59.8 Å². The average Bonchev–Trinajstić information content (AvgIpc) is 1.67. The van der Waals surface area contributed by atoms with E-state index in [9.17, 15) is 56.6 Å². The standard InChI is InChI=1S/C25H28N5O8P.C24H26N5O8P.C23H30N5O8P.C22H30N5O8P/c1-17-3-7-19(8-4-17)13-36-39(33,37-15-35-25(32)38-20-9-5-18(2)6-10-20)16-34-12-11-30-14-27-21-22(30)28-24(26)29-23(21)31;1-17-7-9-18(10-8-17)13-35-38(32,36-15-34-24(31)37-19-5-3-2-4-6-19)16-33-12-11-29-14-26-20-21(29)27-23(25)28-22(20)30;1-16-6-8-17(9-7-16)12-34-37(31,35-14-33-23(30)36-18-4-2-3-5-18)15-32-11-10-28-13-25-19-20(28)26-22(24)27-21(19)29;1-15(2)10-32-22(29)33-13-35-36(30,34-11-17-6-4-16(3)5-7-17)14-31-9-8-27-12-24-18-19(27)25-21(23)26-20(18)28/h3-10,14H,11-13,15-16H2,1-2H3,(H3,26,28,29,31);2-10,14H,11-13,15-16H2,1H3,(H3,25,27,28,30);6-9,13,18H,2-5,10-12,14-15H2,1H3,(H3,24,26,27,29);4-7,12,15H,8-11,13-14H2,1-3H3,(H3,23,25,26,28). The van der Waals surface area contributed by atoms with Gasteiger partial charge in [-0.2, -0.15) is 19.9 Å². The molecule has 1 aliphatic carbocycles. The van der Waals surface area contributed by atoms with Gasteiger partial charge in [-0.25, -0.2) is 39.1 Å². The van der Waals surface area contributed by atoms with E-state index in [1.165, 1.54) is 25.3 Å². The largest absolute Gasteiger partial charge is 0.515 e. The van der Waals surface area contributed by atoms with Crippen LogP contribution in [0.25, 0.3) is 44.7 Å². The highest BCUT2D eigenvalue weighted by atomic mass is 31.2. The molecule has 1 fully saturated rings. The molecule has 0 aliphatic heterocycles. The van der Waals surface area contributed by atoms with Gasteiger partial charge in [-0.1, -0.05) is 169 Å². The summed E-state index contributed by atoms with van der Waals surface area (Å²) in [7, 11) is -15.4. The Morgan fingerprint density at radius 1 is 0.347 bits per heavy atom. The van der Waals surface area contributed by atoms with Crippen molar-refractivity contribution < 1.29 is 130 Å². The minimum atomic E-state index is -3.88. The van der Waals surface area contributed by atoms with E-state index in [0.717, 1.165) is 75.8 Å². The van der Waals surface area contributed by atoms with Crippen molar-refractivity contribution in [2.45, 2.75) is 133 Å². The van der Waals surface area contributed by atoms with Gasteiger partial charge in [0.1, 0.15) is 43.0 Å². The third-order valence-corrected chi connectivity index (χ3v) is 27.1. The maximum absolute atomic E-state index is 13.4. The van der Waals surface area contributed by atoms with Crippen LogP contribution in [-0.4, -0.2) is 194 Å². The Bertz CT molecular complexity index is 7250. The molecule has 150 heavy (non-hydrogen) atoms. The van der Waals surface area contributed by atoms with Crippen molar-refractivity contribution in [3.8, 4) is 11.5 Å². The first kappa shape index (κ1) is 114. The second kappa shape index (κ2) is 56.2. The van der Waals surface area contributed by atoms with Crippen LogP contribution >= 0.6 is 30.4 Å². The Morgan fingerprint density at radius 3 is 0.887 bits per heavy atom. The van der Waals surface area contributed by atoms with Crippen molar-refractivity contribution >= 4 is 123 Å². The van der Waals surface area contributed by atoms with Gasteiger partial charge >= 0.3 is 55.0 Å². The van der Waals surface area contributed by atoms with Gasteiger partial charge in [0.2, 0.25) is 51.0 Å². The molecular formula is C94H114N20O32P4. The third-order valence-electron chi connectivity index (χ3n) is 21.0. The summed E-state index contributed by atoms with van der Waals surface area (Å²) in [5.41, 5.74) is 30.7. The summed E-state index contributed by atoms with van der Waals surface area (Å²) in [5.74, 6) is 0.548. The van der Waals surface area contributed by atoms with Crippen LogP contribution in [0.2, 0.25) is 0 Å². The molecule has 52 nitrogen and oxygen atoms in total. The van der Waals surface area contributed by atoms with Crippen molar-refractivity contribution in [3.63, 3.8) is 0 Å². The van der Waals surface area contributed by atoms with Crippen LogP contribution in [0.1, 0.15) is 89.6 Å². The number of ether oxygens (including phenoxy) is 12. The van der Waals surface area contributed by atoms with Gasteiger partial charge in [0.25, 0.3) is 22.2 Å². The fourth-order valence-electron chi connectivity index (χ4n) is 13.2. The molecule has 802 valence electrons. The zero-order valence-electron chi connectivity index (χ0n) is 82.6. The summed E-state index contributed by atoms with van der Waals surface area (Å²) in [5, 5.41) is 0. The van der Waals surface area contributed by atoms with E-state index >= 15 is 0 Å². The third kappa shape index (κ3) is 37.0. The Balaban J connectivity index is 0.000000177.